The third-order valence-electron chi connectivity index (χ3n) is 4.30. The topological polar surface area (TPSA) is 12.0 Å². The number of benzene rings is 1. The van der Waals surface area contributed by atoms with Crippen LogP contribution in [0.25, 0.3) is 0 Å². The van der Waals surface area contributed by atoms with E-state index in [1.165, 1.54) is 42.8 Å². The van der Waals surface area contributed by atoms with E-state index in [-0.39, 0.29) is 0 Å². The Morgan fingerprint density at radius 2 is 1.95 bits per heavy atom. The smallest absolute Gasteiger partial charge is 0.00830 e. The highest BCUT2D eigenvalue weighted by atomic mass is 32.2. The number of nitrogens with one attached hydrogen (secondary N) is 1. The van der Waals surface area contributed by atoms with Gasteiger partial charge in [-0.15, -0.1) is 0 Å². The van der Waals surface area contributed by atoms with Gasteiger partial charge < -0.3 is 5.32 Å². The van der Waals surface area contributed by atoms with E-state index in [1.54, 1.807) is 0 Å². The Hall–Kier alpha value is -0.470. The van der Waals surface area contributed by atoms with Crippen LogP contribution < -0.4 is 5.32 Å². The summed E-state index contributed by atoms with van der Waals surface area (Å²) in [7, 11) is 0. The lowest BCUT2D eigenvalue weighted by Gasteiger charge is -2.34. The van der Waals surface area contributed by atoms with Crippen LogP contribution in [0, 0.1) is 0 Å². The van der Waals surface area contributed by atoms with Crippen molar-refractivity contribution in [3.8, 4) is 0 Å². The third-order valence-corrected chi connectivity index (χ3v) is 5.20. The fourth-order valence-corrected chi connectivity index (χ4v) is 3.50. The van der Waals surface area contributed by atoms with E-state index in [4.69, 9.17) is 0 Å². The van der Waals surface area contributed by atoms with Gasteiger partial charge in [-0.3, -0.25) is 0 Å². The van der Waals surface area contributed by atoms with E-state index in [0.29, 0.717) is 5.41 Å². The average molecular weight is 277 g/mol. The summed E-state index contributed by atoms with van der Waals surface area (Å²) in [5.41, 5.74) is 1.84. The zero-order valence-corrected chi connectivity index (χ0v) is 13.1. The van der Waals surface area contributed by atoms with Crippen molar-refractivity contribution >= 4 is 11.8 Å². The SMILES string of the molecule is CCSCCC(CC)(CNC1CC1)c1ccccc1. The summed E-state index contributed by atoms with van der Waals surface area (Å²) in [5.74, 6) is 2.50. The summed E-state index contributed by atoms with van der Waals surface area (Å²) >= 11 is 2.07. The van der Waals surface area contributed by atoms with Gasteiger partial charge in [0, 0.05) is 18.0 Å². The van der Waals surface area contributed by atoms with Gasteiger partial charge >= 0.3 is 0 Å². The molecule has 1 nitrogen and oxygen atoms in total. The minimum atomic E-state index is 0.325. The molecule has 1 aliphatic carbocycles. The molecule has 1 N–H and O–H groups in total. The van der Waals surface area contributed by atoms with Crippen molar-refractivity contribution in [1.29, 1.82) is 0 Å². The number of hydrogen-bond acceptors (Lipinski definition) is 2. The standard InChI is InChI=1S/C17H27NS/c1-3-17(12-13-19-4-2,14-18-16-10-11-16)15-8-6-5-7-9-15/h5-9,16,18H,3-4,10-14H2,1-2H3. The minimum absolute atomic E-state index is 0.325. The quantitative estimate of drug-likeness (QED) is 0.678. The van der Waals surface area contributed by atoms with Crippen molar-refractivity contribution in [3.63, 3.8) is 0 Å². The van der Waals surface area contributed by atoms with Gasteiger partial charge in [0.2, 0.25) is 0 Å². The van der Waals surface area contributed by atoms with Gasteiger partial charge in [-0.25, -0.2) is 0 Å². The first-order valence-corrected chi connectivity index (χ1v) is 8.83. The molecule has 2 rings (SSSR count). The van der Waals surface area contributed by atoms with Crippen LogP contribution in [0.4, 0.5) is 0 Å². The molecule has 0 radical (unpaired) electrons. The molecule has 0 aliphatic heterocycles. The van der Waals surface area contributed by atoms with Crippen molar-refractivity contribution in [2.45, 2.75) is 51.0 Å². The van der Waals surface area contributed by atoms with Crippen LogP contribution in [-0.4, -0.2) is 24.1 Å². The molecule has 1 atom stereocenters. The predicted octanol–water partition coefficient (Wildman–Crippen LogP) is 4.23. The molecular weight excluding hydrogens is 250 g/mol. The molecule has 0 spiro atoms. The number of thioether (sulfide) groups is 1. The van der Waals surface area contributed by atoms with Gasteiger partial charge in [-0.05, 0) is 42.8 Å². The third kappa shape index (κ3) is 4.25. The largest absolute Gasteiger partial charge is 0.313 e. The Labute approximate surface area is 122 Å². The first kappa shape index (κ1) is 14.9. The van der Waals surface area contributed by atoms with Crippen molar-refractivity contribution < 1.29 is 0 Å². The maximum atomic E-state index is 3.76. The molecule has 0 bridgehead atoms. The zero-order chi connectivity index (χ0) is 13.6. The molecule has 1 aliphatic rings. The first-order chi connectivity index (χ1) is 9.30. The average Bonchev–Trinajstić information content (AvgIpc) is 3.28. The molecule has 1 aromatic carbocycles. The molecule has 2 heteroatoms. The maximum Gasteiger partial charge on any atom is 0.00830 e. The monoisotopic (exact) mass is 277 g/mol. The van der Waals surface area contributed by atoms with Crippen LogP contribution in [0.3, 0.4) is 0 Å². The summed E-state index contributed by atoms with van der Waals surface area (Å²) in [5, 5.41) is 3.76. The molecule has 1 saturated carbocycles. The van der Waals surface area contributed by atoms with Crippen molar-refractivity contribution in [2.75, 3.05) is 18.1 Å². The van der Waals surface area contributed by atoms with E-state index in [0.717, 1.165) is 12.6 Å². The van der Waals surface area contributed by atoms with Crippen LogP contribution in [-0.2, 0) is 5.41 Å². The minimum Gasteiger partial charge on any atom is -0.313 e. The van der Waals surface area contributed by atoms with Crippen LogP contribution in [0.1, 0.15) is 45.1 Å². The lowest BCUT2D eigenvalue weighted by molar-refractivity contribution is 0.370. The van der Waals surface area contributed by atoms with Crippen LogP contribution in [0.5, 0.6) is 0 Å². The molecule has 1 aromatic rings. The van der Waals surface area contributed by atoms with Crippen LogP contribution in [0.2, 0.25) is 0 Å². The van der Waals surface area contributed by atoms with Crippen molar-refractivity contribution in [2.24, 2.45) is 0 Å². The second-order valence-electron chi connectivity index (χ2n) is 5.60. The highest BCUT2D eigenvalue weighted by Crippen LogP contribution is 2.33. The molecule has 106 valence electrons. The lowest BCUT2D eigenvalue weighted by Crippen LogP contribution is -2.39. The Morgan fingerprint density at radius 1 is 1.21 bits per heavy atom. The second kappa shape index (κ2) is 7.35. The predicted molar refractivity (Wildman–Crippen MR) is 87.1 cm³/mol. The Kier molecular flexibility index (Phi) is 5.77. The molecular formula is C17H27NS. The van der Waals surface area contributed by atoms with Gasteiger partial charge in [0.1, 0.15) is 0 Å². The molecule has 0 aromatic heterocycles. The highest BCUT2D eigenvalue weighted by molar-refractivity contribution is 7.99. The van der Waals surface area contributed by atoms with Gasteiger partial charge in [0.15, 0.2) is 0 Å². The molecule has 0 heterocycles. The molecule has 1 fully saturated rings. The Bertz CT molecular complexity index is 361. The fraction of sp³-hybridized carbons (Fsp3) is 0.647. The Balaban J connectivity index is 2.08. The van der Waals surface area contributed by atoms with E-state index < -0.39 is 0 Å². The summed E-state index contributed by atoms with van der Waals surface area (Å²) in [4.78, 5) is 0. The fourth-order valence-electron chi connectivity index (χ4n) is 2.67. The molecule has 0 saturated heterocycles. The lowest BCUT2D eigenvalue weighted by atomic mass is 9.75. The molecule has 0 amide bonds. The Morgan fingerprint density at radius 3 is 2.53 bits per heavy atom. The van der Waals surface area contributed by atoms with Gasteiger partial charge in [-0.1, -0.05) is 44.2 Å². The molecule has 1 unspecified atom stereocenters. The highest BCUT2D eigenvalue weighted by Gasteiger charge is 2.32. The normalized spacial score (nSPS) is 18.2. The van der Waals surface area contributed by atoms with E-state index >= 15 is 0 Å². The van der Waals surface area contributed by atoms with Crippen molar-refractivity contribution in [3.05, 3.63) is 35.9 Å². The number of rotatable bonds is 9. The van der Waals surface area contributed by atoms with E-state index in [1.807, 2.05) is 0 Å². The zero-order valence-electron chi connectivity index (χ0n) is 12.3. The van der Waals surface area contributed by atoms with E-state index in [9.17, 15) is 0 Å². The molecule has 19 heavy (non-hydrogen) atoms. The second-order valence-corrected chi connectivity index (χ2v) is 7.00. The first-order valence-electron chi connectivity index (χ1n) is 7.67. The van der Waals surface area contributed by atoms with Crippen LogP contribution >= 0.6 is 11.8 Å². The summed E-state index contributed by atoms with van der Waals surface area (Å²) in [6.45, 7) is 5.74. The maximum absolute atomic E-state index is 3.76. The van der Waals surface area contributed by atoms with Crippen LogP contribution in [0.15, 0.2) is 30.3 Å². The van der Waals surface area contributed by atoms with Gasteiger partial charge in [0.25, 0.3) is 0 Å². The van der Waals surface area contributed by atoms with E-state index in [2.05, 4.69) is 61.3 Å². The van der Waals surface area contributed by atoms with Crippen molar-refractivity contribution in [1.82, 2.24) is 5.32 Å². The summed E-state index contributed by atoms with van der Waals surface area (Å²) in [6, 6.07) is 11.9. The summed E-state index contributed by atoms with van der Waals surface area (Å²) < 4.78 is 0. The van der Waals surface area contributed by atoms with Gasteiger partial charge in [-0.2, -0.15) is 11.8 Å². The summed E-state index contributed by atoms with van der Waals surface area (Å²) in [6.07, 6.45) is 5.25. The number of hydrogen-bond donors (Lipinski definition) is 1. The van der Waals surface area contributed by atoms with Gasteiger partial charge in [0.05, 0.1) is 0 Å².